The summed E-state index contributed by atoms with van der Waals surface area (Å²) < 4.78 is 5.10. The standard InChI is InChI=1S/C10H8O3/c1-6-3-2-4-7-9(12)8(11)5-13-10(6)7/h2-5,11H,1H3. The Kier molecular flexibility index (Phi) is 1.59. The molecule has 0 amide bonds. The van der Waals surface area contributed by atoms with Gasteiger partial charge in [-0.15, -0.1) is 0 Å². The number of fused-ring (bicyclic) bond motifs is 1. The Bertz CT molecular complexity index is 511. The van der Waals surface area contributed by atoms with E-state index in [2.05, 4.69) is 0 Å². The Morgan fingerprint density at radius 2 is 2.15 bits per heavy atom. The summed E-state index contributed by atoms with van der Waals surface area (Å²) in [6.45, 7) is 1.85. The molecule has 0 saturated carbocycles. The first kappa shape index (κ1) is 7.86. The van der Waals surface area contributed by atoms with Gasteiger partial charge in [0.2, 0.25) is 5.43 Å². The van der Waals surface area contributed by atoms with E-state index in [9.17, 15) is 4.79 Å². The molecule has 1 aromatic carbocycles. The van der Waals surface area contributed by atoms with E-state index in [1.165, 1.54) is 0 Å². The van der Waals surface area contributed by atoms with Gasteiger partial charge in [-0.3, -0.25) is 4.79 Å². The topological polar surface area (TPSA) is 50.4 Å². The van der Waals surface area contributed by atoms with Crippen molar-refractivity contribution in [2.45, 2.75) is 6.92 Å². The number of hydrogen-bond donors (Lipinski definition) is 1. The highest BCUT2D eigenvalue weighted by Crippen LogP contribution is 2.17. The zero-order valence-electron chi connectivity index (χ0n) is 7.07. The minimum Gasteiger partial charge on any atom is -0.502 e. The first-order valence-electron chi connectivity index (χ1n) is 3.90. The van der Waals surface area contributed by atoms with E-state index in [1.807, 2.05) is 13.0 Å². The molecular weight excluding hydrogens is 168 g/mol. The molecule has 0 spiro atoms. The molecule has 0 atom stereocenters. The highest BCUT2D eigenvalue weighted by molar-refractivity contribution is 5.80. The lowest BCUT2D eigenvalue weighted by Crippen LogP contribution is -2.00. The third kappa shape index (κ3) is 1.09. The maximum absolute atomic E-state index is 11.4. The molecule has 2 aromatic rings. The lowest BCUT2D eigenvalue weighted by Gasteiger charge is -1.99. The smallest absolute Gasteiger partial charge is 0.234 e. The third-order valence-corrected chi connectivity index (χ3v) is 1.98. The first-order valence-corrected chi connectivity index (χ1v) is 3.90. The lowest BCUT2D eigenvalue weighted by molar-refractivity contribution is 0.442. The van der Waals surface area contributed by atoms with E-state index in [1.54, 1.807) is 12.1 Å². The number of aryl methyl sites for hydroxylation is 1. The molecule has 66 valence electrons. The molecule has 0 bridgehead atoms. The van der Waals surface area contributed by atoms with Crippen molar-refractivity contribution in [3.8, 4) is 5.75 Å². The molecule has 0 radical (unpaired) electrons. The average molecular weight is 176 g/mol. The SMILES string of the molecule is Cc1cccc2c(=O)c(O)coc12. The Labute approximate surface area is 74.2 Å². The fourth-order valence-electron chi connectivity index (χ4n) is 1.29. The molecule has 3 heteroatoms. The van der Waals surface area contributed by atoms with Crippen molar-refractivity contribution < 1.29 is 9.52 Å². The Balaban J connectivity index is 3.03. The predicted molar refractivity (Wildman–Crippen MR) is 48.9 cm³/mol. The normalized spacial score (nSPS) is 10.5. The molecule has 0 unspecified atom stereocenters. The zero-order chi connectivity index (χ0) is 9.42. The second-order valence-corrected chi connectivity index (χ2v) is 2.90. The van der Waals surface area contributed by atoms with Gasteiger partial charge in [-0.25, -0.2) is 0 Å². The van der Waals surface area contributed by atoms with E-state index in [0.717, 1.165) is 11.8 Å². The third-order valence-electron chi connectivity index (χ3n) is 1.98. The molecule has 1 N–H and O–H groups in total. The number of aromatic hydroxyl groups is 1. The predicted octanol–water partition coefficient (Wildman–Crippen LogP) is 1.81. The van der Waals surface area contributed by atoms with Gasteiger partial charge >= 0.3 is 0 Å². The van der Waals surface area contributed by atoms with Crippen LogP contribution >= 0.6 is 0 Å². The summed E-state index contributed by atoms with van der Waals surface area (Å²) in [6, 6.07) is 5.24. The fourth-order valence-corrected chi connectivity index (χ4v) is 1.29. The van der Waals surface area contributed by atoms with E-state index in [0.29, 0.717) is 11.0 Å². The van der Waals surface area contributed by atoms with Crippen molar-refractivity contribution in [2.75, 3.05) is 0 Å². The van der Waals surface area contributed by atoms with E-state index in [-0.39, 0.29) is 11.2 Å². The van der Waals surface area contributed by atoms with Crippen molar-refractivity contribution >= 4 is 11.0 Å². The molecule has 2 rings (SSSR count). The van der Waals surface area contributed by atoms with Gasteiger partial charge in [0.05, 0.1) is 5.39 Å². The molecule has 1 heterocycles. The molecule has 0 aliphatic heterocycles. The van der Waals surface area contributed by atoms with Crippen LogP contribution in [0.3, 0.4) is 0 Å². The van der Waals surface area contributed by atoms with Crippen molar-refractivity contribution in [3.05, 3.63) is 40.2 Å². The largest absolute Gasteiger partial charge is 0.502 e. The van der Waals surface area contributed by atoms with Gasteiger partial charge in [0.25, 0.3) is 0 Å². The molecule has 0 aliphatic carbocycles. The number of hydrogen-bond acceptors (Lipinski definition) is 3. The van der Waals surface area contributed by atoms with Crippen molar-refractivity contribution in [1.82, 2.24) is 0 Å². The van der Waals surface area contributed by atoms with Gasteiger partial charge in [0.1, 0.15) is 11.8 Å². The van der Waals surface area contributed by atoms with Crippen molar-refractivity contribution in [1.29, 1.82) is 0 Å². The molecule has 13 heavy (non-hydrogen) atoms. The monoisotopic (exact) mass is 176 g/mol. The summed E-state index contributed by atoms with van der Waals surface area (Å²) in [5.41, 5.74) is 1.03. The quantitative estimate of drug-likeness (QED) is 0.665. The van der Waals surface area contributed by atoms with Gasteiger partial charge in [0.15, 0.2) is 5.75 Å². The summed E-state index contributed by atoms with van der Waals surface area (Å²) in [4.78, 5) is 11.4. The summed E-state index contributed by atoms with van der Waals surface area (Å²) in [5.74, 6) is -0.349. The molecule has 0 fully saturated rings. The Morgan fingerprint density at radius 1 is 1.38 bits per heavy atom. The Morgan fingerprint density at radius 3 is 2.92 bits per heavy atom. The van der Waals surface area contributed by atoms with E-state index < -0.39 is 0 Å². The summed E-state index contributed by atoms with van der Waals surface area (Å²) in [6.07, 6.45) is 1.07. The second-order valence-electron chi connectivity index (χ2n) is 2.90. The van der Waals surface area contributed by atoms with Crippen LogP contribution in [0.5, 0.6) is 5.75 Å². The highest BCUT2D eigenvalue weighted by atomic mass is 16.3. The van der Waals surface area contributed by atoms with Gasteiger partial charge in [-0.2, -0.15) is 0 Å². The molecule has 0 saturated heterocycles. The van der Waals surface area contributed by atoms with Crippen LogP contribution in [0.25, 0.3) is 11.0 Å². The minimum absolute atomic E-state index is 0.349. The fraction of sp³-hybridized carbons (Fsp3) is 0.100. The van der Waals surface area contributed by atoms with Crippen LogP contribution in [-0.2, 0) is 0 Å². The maximum Gasteiger partial charge on any atom is 0.234 e. The molecule has 0 aliphatic rings. The highest BCUT2D eigenvalue weighted by Gasteiger charge is 2.05. The minimum atomic E-state index is -0.384. The number of para-hydroxylation sites is 1. The summed E-state index contributed by atoms with van der Waals surface area (Å²) in [7, 11) is 0. The van der Waals surface area contributed by atoms with Gasteiger partial charge in [-0.05, 0) is 18.6 Å². The van der Waals surface area contributed by atoms with E-state index >= 15 is 0 Å². The number of benzene rings is 1. The molecular formula is C10H8O3. The van der Waals surface area contributed by atoms with Gasteiger partial charge in [-0.1, -0.05) is 12.1 Å². The van der Waals surface area contributed by atoms with E-state index in [4.69, 9.17) is 9.52 Å². The van der Waals surface area contributed by atoms with Gasteiger partial charge in [0, 0.05) is 0 Å². The van der Waals surface area contributed by atoms with Crippen LogP contribution in [0.2, 0.25) is 0 Å². The summed E-state index contributed by atoms with van der Waals surface area (Å²) in [5, 5.41) is 9.52. The average Bonchev–Trinajstić information content (AvgIpc) is 2.12. The number of rotatable bonds is 0. The zero-order valence-corrected chi connectivity index (χ0v) is 7.07. The second kappa shape index (κ2) is 2.62. The van der Waals surface area contributed by atoms with Crippen LogP contribution in [0, 0.1) is 6.92 Å². The Hall–Kier alpha value is -1.77. The molecule has 1 aromatic heterocycles. The van der Waals surface area contributed by atoms with Crippen LogP contribution in [0.1, 0.15) is 5.56 Å². The summed E-state index contributed by atoms with van der Waals surface area (Å²) >= 11 is 0. The van der Waals surface area contributed by atoms with Crippen molar-refractivity contribution in [2.24, 2.45) is 0 Å². The molecule has 3 nitrogen and oxygen atoms in total. The maximum atomic E-state index is 11.4. The van der Waals surface area contributed by atoms with Gasteiger partial charge < -0.3 is 9.52 Å². The van der Waals surface area contributed by atoms with Crippen LogP contribution in [0.15, 0.2) is 33.7 Å². The first-order chi connectivity index (χ1) is 6.20. The lowest BCUT2D eigenvalue weighted by atomic mass is 10.1. The van der Waals surface area contributed by atoms with Crippen LogP contribution < -0.4 is 5.43 Å². The van der Waals surface area contributed by atoms with Crippen LogP contribution in [0.4, 0.5) is 0 Å². The van der Waals surface area contributed by atoms with Crippen molar-refractivity contribution in [3.63, 3.8) is 0 Å². The van der Waals surface area contributed by atoms with Crippen LogP contribution in [-0.4, -0.2) is 5.11 Å².